The number of nitro groups is 2. The minimum absolute atomic E-state index is 0.00200. The Labute approximate surface area is 240 Å². The van der Waals surface area contributed by atoms with Crippen molar-refractivity contribution in [3.05, 3.63) is 79.9 Å². The second-order valence-corrected chi connectivity index (χ2v) is 10.5. The molecule has 0 aliphatic carbocycles. The minimum Gasteiger partial charge on any atom is -0.460 e. The lowest BCUT2D eigenvalue weighted by molar-refractivity contribution is -0.385. The van der Waals surface area contributed by atoms with Gasteiger partial charge in [-0.2, -0.15) is 12.6 Å². The van der Waals surface area contributed by atoms with Gasteiger partial charge in [0.15, 0.2) is 0 Å². The van der Waals surface area contributed by atoms with E-state index in [1.165, 1.54) is 53.4 Å². The molecule has 0 bridgehead atoms. The van der Waals surface area contributed by atoms with Crippen LogP contribution in [0.5, 0.6) is 0 Å². The van der Waals surface area contributed by atoms with Crippen LogP contribution in [0.15, 0.2) is 48.5 Å². The van der Waals surface area contributed by atoms with E-state index < -0.39 is 28.0 Å². The summed E-state index contributed by atoms with van der Waals surface area (Å²) >= 11 is 4.47. The monoisotopic (exact) mass is 587 g/mol. The molecular weight excluding hydrogens is 558 g/mol. The van der Waals surface area contributed by atoms with Crippen LogP contribution >= 0.6 is 12.6 Å². The zero-order valence-electron chi connectivity index (χ0n) is 22.0. The summed E-state index contributed by atoms with van der Waals surface area (Å²) in [5.41, 5.74) is 1.10. The number of thiol groups is 1. The molecule has 2 fully saturated rings. The van der Waals surface area contributed by atoms with Gasteiger partial charge in [0, 0.05) is 62.2 Å². The molecule has 2 aromatic rings. The number of nitrogens with zero attached hydrogens (tertiary/aromatic N) is 5. The topological polar surface area (TPSA) is 166 Å². The van der Waals surface area contributed by atoms with Gasteiger partial charge in [-0.1, -0.05) is 0 Å². The molecule has 41 heavy (non-hydrogen) atoms. The van der Waals surface area contributed by atoms with E-state index in [1.54, 1.807) is 4.90 Å². The Morgan fingerprint density at radius 1 is 0.829 bits per heavy atom. The molecule has 2 heterocycles. The van der Waals surface area contributed by atoms with Crippen LogP contribution in [0.2, 0.25) is 0 Å². The van der Waals surface area contributed by atoms with Crippen LogP contribution in [0.25, 0.3) is 0 Å². The number of hydrogen-bond donors (Lipinski definition) is 1. The largest absolute Gasteiger partial charge is 0.460 e. The van der Waals surface area contributed by atoms with Crippen LogP contribution in [0, 0.1) is 20.2 Å². The molecule has 2 aliphatic heterocycles. The first kappa shape index (κ1) is 29.7. The highest BCUT2D eigenvalue weighted by Gasteiger charge is 2.41. The maximum absolute atomic E-state index is 13.3. The van der Waals surface area contributed by atoms with E-state index in [0.29, 0.717) is 43.7 Å². The van der Waals surface area contributed by atoms with Gasteiger partial charge in [0.1, 0.15) is 19.3 Å². The number of esters is 1. The van der Waals surface area contributed by atoms with Gasteiger partial charge >= 0.3 is 12.1 Å². The maximum atomic E-state index is 13.3. The summed E-state index contributed by atoms with van der Waals surface area (Å²) in [5.74, 6) is -0.659. The van der Waals surface area contributed by atoms with Gasteiger partial charge in [0.25, 0.3) is 11.4 Å². The lowest BCUT2D eigenvalue weighted by atomic mass is 10.1. The zero-order chi connectivity index (χ0) is 29.5. The molecule has 2 aliphatic rings. The second kappa shape index (κ2) is 13.4. The molecule has 2 amide bonds. The summed E-state index contributed by atoms with van der Waals surface area (Å²) < 4.78 is 10.7. The van der Waals surface area contributed by atoms with Crippen molar-refractivity contribution >= 4 is 42.0 Å². The van der Waals surface area contributed by atoms with Crippen LogP contribution in [0.3, 0.4) is 0 Å². The maximum Gasteiger partial charge on any atom is 0.410 e. The van der Waals surface area contributed by atoms with Crippen molar-refractivity contribution in [3.8, 4) is 0 Å². The third kappa shape index (κ3) is 7.91. The summed E-state index contributed by atoms with van der Waals surface area (Å²) in [6, 6.07) is 10.7. The summed E-state index contributed by atoms with van der Waals surface area (Å²) in [6.07, 6.45) is -0.281. The van der Waals surface area contributed by atoms with E-state index in [1.807, 2.05) is 4.90 Å². The standard InChI is InChI=1S/C26H29N5O9S/c32-24(39-16-18-1-5-20(6-2-18)30(35)36)15-27-9-11-28(12-10-27)25(33)23-13-22(41)14-29(23)26(34)40-17-19-3-7-21(8-4-19)31(37)38/h1-8,22-23,41H,9-17H2/t22-,23-/m0/s1. The lowest BCUT2D eigenvalue weighted by Gasteiger charge is -2.36. The Morgan fingerprint density at radius 2 is 1.34 bits per heavy atom. The molecule has 218 valence electrons. The lowest BCUT2D eigenvalue weighted by Crippen LogP contribution is -2.55. The van der Waals surface area contributed by atoms with Gasteiger partial charge in [-0.15, -0.1) is 0 Å². The van der Waals surface area contributed by atoms with E-state index in [-0.39, 0.29) is 48.8 Å². The number of benzene rings is 2. The number of non-ortho nitro benzene ring substituents is 2. The predicted molar refractivity (Wildman–Crippen MR) is 147 cm³/mol. The molecule has 0 unspecified atom stereocenters. The average molecular weight is 588 g/mol. The first-order chi connectivity index (χ1) is 19.6. The number of rotatable bonds is 9. The van der Waals surface area contributed by atoms with Crippen molar-refractivity contribution in [2.24, 2.45) is 0 Å². The Hall–Kier alpha value is -4.24. The molecule has 4 rings (SSSR count). The number of ether oxygens (including phenoxy) is 2. The van der Waals surface area contributed by atoms with Crippen molar-refractivity contribution in [2.45, 2.75) is 30.9 Å². The molecule has 15 heteroatoms. The van der Waals surface area contributed by atoms with Crippen LogP contribution in [-0.2, 0) is 32.3 Å². The molecule has 14 nitrogen and oxygen atoms in total. The molecule has 2 atom stereocenters. The summed E-state index contributed by atoms with van der Waals surface area (Å²) in [7, 11) is 0. The van der Waals surface area contributed by atoms with Crippen molar-refractivity contribution < 1.29 is 33.7 Å². The van der Waals surface area contributed by atoms with Gasteiger partial charge < -0.3 is 14.4 Å². The fraction of sp³-hybridized carbons (Fsp3) is 0.423. The zero-order valence-corrected chi connectivity index (χ0v) is 22.9. The number of carbonyl (C=O) groups excluding carboxylic acids is 3. The first-order valence-electron chi connectivity index (χ1n) is 12.9. The van der Waals surface area contributed by atoms with Crippen molar-refractivity contribution in [2.75, 3.05) is 39.3 Å². The summed E-state index contributed by atoms with van der Waals surface area (Å²) in [4.78, 5) is 63.9. The number of amides is 2. The molecule has 2 aromatic carbocycles. The van der Waals surface area contributed by atoms with Crippen LogP contribution < -0.4 is 0 Å². The van der Waals surface area contributed by atoms with E-state index in [9.17, 15) is 34.6 Å². The van der Waals surface area contributed by atoms with Crippen molar-refractivity contribution in [3.63, 3.8) is 0 Å². The van der Waals surface area contributed by atoms with Gasteiger partial charge in [0.2, 0.25) is 5.91 Å². The number of likely N-dealkylation sites (tertiary alicyclic amines) is 1. The third-order valence-corrected chi connectivity index (χ3v) is 7.27. The fourth-order valence-electron chi connectivity index (χ4n) is 4.63. The predicted octanol–water partition coefficient (Wildman–Crippen LogP) is 2.40. The molecular formula is C26H29N5O9S. The van der Waals surface area contributed by atoms with Crippen LogP contribution in [0.4, 0.5) is 16.2 Å². The van der Waals surface area contributed by atoms with Gasteiger partial charge in [-0.25, -0.2) is 4.79 Å². The number of hydrogen-bond acceptors (Lipinski definition) is 11. The van der Waals surface area contributed by atoms with Crippen LogP contribution in [0.1, 0.15) is 17.5 Å². The first-order valence-corrected chi connectivity index (χ1v) is 13.4. The number of piperazine rings is 1. The molecule has 0 radical (unpaired) electrons. The number of nitro benzene ring substituents is 2. The van der Waals surface area contributed by atoms with E-state index in [0.717, 1.165) is 0 Å². The van der Waals surface area contributed by atoms with E-state index >= 15 is 0 Å². The van der Waals surface area contributed by atoms with Gasteiger partial charge in [-0.3, -0.25) is 39.6 Å². The van der Waals surface area contributed by atoms with E-state index in [4.69, 9.17) is 9.47 Å². The Morgan fingerprint density at radius 3 is 1.85 bits per heavy atom. The van der Waals surface area contributed by atoms with Gasteiger partial charge in [0.05, 0.1) is 16.4 Å². The van der Waals surface area contributed by atoms with E-state index in [2.05, 4.69) is 12.6 Å². The summed E-state index contributed by atoms with van der Waals surface area (Å²) in [6.45, 7) is 1.82. The highest BCUT2D eigenvalue weighted by molar-refractivity contribution is 7.81. The SMILES string of the molecule is O=C(CN1CCN(C(=O)[C@@H]2C[C@H](S)CN2C(=O)OCc2ccc([N+](=O)[O-])cc2)CC1)OCc1ccc([N+](=O)[O-])cc1. The molecule has 0 spiro atoms. The van der Waals surface area contributed by atoms with Gasteiger partial charge in [-0.05, 0) is 41.8 Å². The minimum atomic E-state index is -0.722. The average Bonchev–Trinajstić information content (AvgIpc) is 3.37. The smallest absolute Gasteiger partial charge is 0.410 e. The van der Waals surface area contributed by atoms with Crippen LogP contribution in [-0.4, -0.2) is 93.1 Å². The number of carbonyl (C=O) groups is 3. The Bertz CT molecular complexity index is 1280. The van der Waals surface area contributed by atoms with Crippen molar-refractivity contribution in [1.29, 1.82) is 0 Å². The summed E-state index contributed by atoms with van der Waals surface area (Å²) in [5, 5.41) is 21.4. The van der Waals surface area contributed by atoms with Crippen molar-refractivity contribution in [1.82, 2.24) is 14.7 Å². The quantitative estimate of drug-likeness (QED) is 0.199. The molecule has 0 aromatic heterocycles. The Kier molecular flexibility index (Phi) is 9.73. The third-order valence-electron chi connectivity index (χ3n) is 6.89. The fourth-order valence-corrected chi connectivity index (χ4v) is 5.01. The Balaban J connectivity index is 1.22. The molecule has 0 N–H and O–H groups in total. The molecule has 2 saturated heterocycles. The normalized spacial score (nSPS) is 19.0. The highest BCUT2D eigenvalue weighted by Crippen LogP contribution is 2.25. The highest BCUT2D eigenvalue weighted by atomic mass is 32.1. The second-order valence-electron chi connectivity index (χ2n) is 9.72. The molecule has 0 saturated carbocycles.